The minimum absolute atomic E-state index is 0.885. The van der Waals surface area contributed by atoms with Crippen LogP contribution in [0.5, 0.6) is 0 Å². The zero-order chi connectivity index (χ0) is 13.4. The maximum atomic E-state index is 4.31. The lowest BCUT2D eigenvalue weighted by atomic mass is 9.87. The Bertz CT molecular complexity index is 778. The second-order valence-electron chi connectivity index (χ2n) is 6.02. The molecule has 1 aliphatic rings. The van der Waals surface area contributed by atoms with E-state index in [-0.39, 0.29) is 0 Å². The van der Waals surface area contributed by atoms with E-state index in [2.05, 4.69) is 39.7 Å². The summed E-state index contributed by atoms with van der Waals surface area (Å²) >= 11 is 0. The Labute approximate surface area is 119 Å². The van der Waals surface area contributed by atoms with Crippen molar-refractivity contribution in [2.75, 3.05) is 0 Å². The van der Waals surface area contributed by atoms with Crippen molar-refractivity contribution in [1.29, 1.82) is 0 Å². The highest BCUT2D eigenvalue weighted by Crippen LogP contribution is 2.27. The van der Waals surface area contributed by atoms with Gasteiger partial charge in [-0.1, -0.05) is 62.4 Å². The summed E-state index contributed by atoms with van der Waals surface area (Å²) in [5.41, 5.74) is 1.23. The lowest BCUT2D eigenvalue weighted by Crippen LogP contribution is -2.11. The predicted molar refractivity (Wildman–Crippen MR) is 83.6 cm³/mol. The summed E-state index contributed by atoms with van der Waals surface area (Å²) in [7, 11) is 0. The molecule has 2 aromatic heterocycles. The molecule has 20 heavy (non-hydrogen) atoms. The number of nitrogens with zero attached hydrogens (tertiary/aromatic N) is 2. The van der Waals surface area contributed by atoms with Gasteiger partial charge >= 0.3 is 0 Å². The van der Waals surface area contributed by atoms with Crippen LogP contribution in [0.4, 0.5) is 0 Å². The van der Waals surface area contributed by atoms with Crippen LogP contribution in [0.15, 0.2) is 36.8 Å². The molecule has 0 saturated heterocycles. The van der Waals surface area contributed by atoms with E-state index in [1.807, 2.05) is 12.5 Å². The van der Waals surface area contributed by atoms with E-state index < -0.39 is 0 Å². The van der Waals surface area contributed by atoms with Gasteiger partial charge in [-0.25, -0.2) is 4.98 Å². The summed E-state index contributed by atoms with van der Waals surface area (Å²) in [6.07, 6.45) is 14.6. The van der Waals surface area contributed by atoms with Gasteiger partial charge in [0.2, 0.25) is 0 Å². The summed E-state index contributed by atoms with van der Waals surface area (Å²) in [5, 5.41) is 4.01. The number of hydrogen-bond donors (Lipinski definition) is 0. The molecule has 0 spiro atoms. The Kier molecular flexibility index (Phi) is 2.95. The molecule has 0 aliphatic heterocycles. The molecule has 1 saturated carbocycles. The Balaban J connectivity index is 1.81. The highest BCUT2D eigenvalue weighted by atomic mass is 15.0. The molecule has 0 unspecified atom stereocenters. The van der Waals surface area contributed by atoms with E-state index in [1.54, 1.807) is 0 Å². The van der Waals surface area contributed by atoms with Crippen molar-refractivity contribution in [2.45, 2.75) is 38.5 Å². The van der Waals surface area contributed by atoms with Gasteiger partial charge in [-0.05, 0) is 12.3 Å². The molecule has 0 bridgehead atoms. The molecule has 2 nitrogen and oxygen atoms in total. The topological polar surface area (TPSA) is 17.3 Å². The van der Waals surface area contributed by atoms with Crippen LogP contribution in [-0.2, 0) is 0 Å². The number of hydrogen-bond acceptors (Lipinski definition) is 1. The van der Waals surface area contributed by atoms with Gasteiger partial charge in [-0.3, -0.25) is 4.40 Å². The van der Waals surface area contributed by atoms with Crippen LogP contribution in [0.25, 0.3) is 22.4 Å². The fourth-order valence-corrected chi connectivity index (χ4v) is 3.66. The van der Waals surface area contributed by atoms with Gasteiger partial charge in [0.05, 0.1) is 23.4 Å². The first-order valence-corrected chi connectivity index (χ1v) is 7.76. The standard InChI is InChI=1S/C18H20N2/c1-2-6-14(7-3-1)10-11-17-15-8-4-5-9-16(15)18-12-19-13-20(17)18/h4-5,8-9,11-14H,1-3,6-7,10H2/b17-11-. The molecule has 3 aromatic rings. The Morgan fingerprint density at radius 2 is 1.90 bits per heavy atom. The number of benzene rings is 1. The lowest BCUT2D eigenvalue weighted by molar-refractivity contribution is 0.367. The van der Waals surface area contributed by atoms with Crippen molar-refractivity contribution in [1.82, 2.24) is 9.38 Å². The monoisotopic (exact) mass is 264 g/mol. The van der Waals surface area contributed by atoms with E-state index in [4.69, 9.17) is 0 Å². The van der Waals surface area contributed by atoms with Crippen molar-refractivity contribution >= 4 is 22.4 Å². The average molecular weight is 264 g/mol. The molecule has 0 amide bonds. The molecule has 102 valence electrons. The van der Waals surface area contributed by atoms with Crippen LogP contribution in [0.3, 0.4) is 0 Å². The molecule has 2 heteroatoms. The van der Waals surface area contributed by atoms with Gasteiger partial charge in [0.25, 0.3) is 0 Å². The van der Waals surface area contributed by atoms with Crippen LogP contribution < -0.4 is 5.35 Å². The van der Waals surface area contributed by atoms with Crippen LogP contribution in [-0.4, -0.2) is 9.38 Å². The smallest absolute Gasteiger partial charge is 0.0997 e. The molecule has 0 N–H and O–H groups in total. The third kappa shape index (κ3) is 1.91. The lowest BCUT2D eigenvalue weighted by Gasteiger charge is -2.19. The molecule has 4 rings (SSSR count). The first-order valence-electron chi connectivity index (χ1n) is 7.76. The summed E-state index contributed by atoms with van der Waals surface area (Å²) in [6, 6.07) is 8.67. The largest absolute Gasteiger partial charge is 0.299 e. The van der Waals surface area contributed by atoms with Crippen LogP contribution >= 0.6 is 0 Å². The number of aromatic nitrogens is 2. The van der Waals surface area contributed by atoms with Crippen LogP contribution in [0.1, 0.15) is 38.5 Å². The average Bonchev–Trinajstić information content (AvgIpc) is 3.07. The maximum absolute atomic E-state index is 4.31. The molecule has 0 atom stereocenters. The summed E-state index contributed by atoms with van der Waals surface area (Å²) in [6.45, 7) is 0. The zero-order valence-electron chi connectivity index (χ0n) is 11.8. The first kappa shape index (κ1) is 12.0. The Morgan fingerprint density at radius 3 is 2.75 bits per heavy atom. The number of imidazole rings is 1. The highest BCUT2D eigenvalue weighted by molar-refractivity contribution is 5.97. The maximum Gasteiger partial charge on any atom is 0.0997 e. The van der Waals surface area contributed by atoms with E-state index >= 15 is 0 Å². The van der Waals surface area contributed by atoms with Crippen LogP contribution in [0, 0.1) is 5.92 Å². The Hall–Kier alpha value is -1.83. The van der Waals surface area contributed by atoms with E-state index in [0.717, 1.165) is 5.92 Å². The van der Waals surface area contributed by atoms with Gasteiger partial charge < -0.3 is 0 Å². The Morgan fingerprint density at radius 1 is 1.10 bits per heavy atom. The van der Waals surface area contributed by atoms with Crippen LogP contribution in [0.2, 0.25) is 0 Å². The van der Waals surface area contributed by atoms with Crippen molar-refractivity contribution in [2.24, 2.45) is 5.92 Å². The molecule has 1 fully saturated rings. The summed E-state index contributed by atoms with van der Waals surface area (Å²) in [4.78, 5) is 4.31. The molecule has 2 heterocycles. The second kappa shape index (κ2) is 4.93. The van der Waals surface area contributed by atoms with Crippen molar-refractivity contribution in [3.8, 4) is 0 Å². The minimum atomic E-state index is 0.885. The van der Waals surface area contributed by atoms with Crippen molar-refractivity contribution < 1.29 is 0 Å². The molecular weight excluding hydrogens is 244 g/mol. The second-order valence-corrected chi connectivity index (χ2v) is 6.02. The van der Waals surface area contributed by atoms with E-state index in [9.17, 15) is 0 Å². The first-order chi connectivity index (χ1) is 9.93. The normalized spacial score (nSPS) is 18.3. The van der Waals surface area contributed by atoms with Crippen molar-refractivity contribution in [3.05, 3.63) is 42.1 Å². The molecule has 0 radical (unpaired) electrons. The molecular formula is C18H20N2. The van der Waals surface area contributed by atoms with Crippen molar-refractivity contribution in [3.63, 3.8) is 0 Å². The molecule has 1 aromatic carbocycles. The van der Waals surface area contributed by atoms with Gasteiger partial charge in [-0.15, -0.1) is 0 Å². The van der Waals surface area contributed by atoms with E-state index in [0.29, 0.717) is 0 Å². The fraction of sp³-hybridized carbons (Fsp3) is 0.389. The molecule has 1 aliphatic carbocycles. The third-order valence-corrected chi connectivity index (χ3v) is 4.75. The van der Waals surface area contributed by atoms with Gasteiger partial charge in [0, 0.05) is 10.8 Å². The number of fused-ring (bicyclic) bond motifs is 3. The SMILES string of the molecule is C(/CC1CCCCC1)=c1\c2ccccc2c2cncn12. The van der Waals surface area contributed by atoms with Gasteiger partial charge in [-0.2, -0.15) is 0 Å². The quantitative estimate of drug-likeness (QED) is 0.685. The predicted octanol–water partition coefficient (Wildman–Crippen LogP) is 3.96. The summed E-state index contributed by atoms with van der Waals surface area (Å²) in [5.74, 6) is 0.885. The van der Waals surface area contributed by atoms with E-state index in [1.165, 1.54) is 60.2 Å². The number of rotatable bonds is 2. The minimum Gasteiger partial charge on any atom is -0.299 e. The van der Waals surface area contributed by atoms with Gasteiger partial charge in [0.1, 0.15) is 0 Å². The van der Waals surface area contributed by atoms with Gasteiger partial charge in [0.15, 0.2) is 0 Å². The summed E-state index contributed by atoms with van der Waals surface area (Å²) < 4.78 is 2.24. The zero-order valence-corrected chi connectivity index (χ0v) is 11.8. The third-order valence-electron chi connectivity index (χ3n) is 4.75. The highest BCUT2D eigenvalue weighted by Gasteiger charge is 2.12. The fourth-order valence-electron chi connectivity index (χ4n) is 3.66.